The van der Waals surface area contributed by atoms with E-state index >= 15 is 0 Å². The predicted molar refractivity (Wildman–Crippen MR) is 41.6 cm³/mol. The van der Waals surface area contributed by atoms with Gasteiger partial charge in [-0.25, -0.2) is 9.95 Å². The fourth-order valence-electron chi connectivity index (χ4n) is 1.07. The van der Waals surface area contributed by atoms with E-state index in [2.05, 4.69) is 9.68 Å². The second-order valence-corrected chi connectivity index (χ2v) is 2.54. The number of fused-ring (bicyclic) bond motifs is 1. The van der Waals surface area contributed by atoms with Crippen molar-refractivity contribution < 1.29 is 4.52 Å². The van der Waals surface area contributed by atoms with Crippen LogP contribution < -0.4 is 5.63 Å². The average molecular weight is 149 g/mol. The summed E-state index contributed by atoms with van der Waals surface area (Å²) in [5, 5.41) is 3.14. The number of aromatic amines is 1. The molecule has 2 aromatic rings. The van der Waals surface area contributed by atoms with Gasteiger partial charge in [0.2, 0.25) is 0 Å². The maximum atomic E-state index is 10.9. The molecule has 1 heterocycles. The molecule has 0 spiro atoms. The highest BCUT2D eigenvalue weighted by Gasteiger charge is 2.00. The Morgan fingerprint density at radius 3 is 3.09 bits per heavy atom. The summed E-state index contributed by atoms with van der Waals surface area (Å²) in [7, 11) is 0. The molecule has 0 unspecified atom stereocenters. The zero-order chi connectivity index (χ0) is 7.84. The third kappa shape index (κ3) is 0.852. The Morgan fingerprint density at radius 1 is 1.45 bits per heavy atom. The number of aromatic nitrogens is 1. The van der Waals surface area contributed by atoms with Gasteiger partial charge in [0.25, 0.3) is 0 Å². The van der Waals surface area contributed by atoms with Crippen molar-refractivity contribution in [3.05, 3.63) is 34.2 Å². The normalized spacial score (nSPS) is 10.6. The fraction of sp³-hybridized carbons (Fsp3) is 0.125. The molecule has 0 aliphatic carbocycles. The number of aryl methyl sites for hydroxylation is 1. The Hall–Kier alpha value is -1.51. The Kier molecular flexibility index (Phi) is 1.12. The van der Waals surface area contributed by atoms with Crippen LogP contribution >= 0.6 is 0 Å². The van der Waals surface area contributed by atoms with Gasteiger partial charge in [-0.3, -0.25) is 0 Å². The highest BCUT2D eigenvalue weighted by atomic mass is 16.5. The van der Waals surface area contributed by atoms with Gasteiger partial charge in [-0.1, -0.05) is 11.6 Å². The largest absolute Gasteiger partial charge is 0.365 e. The predicted octanol–water partition coefficient (Wildman–Crippen LogP) is 1.43. The molecule has 56 valence electrons. The SMILES string of the molecule is Cc1ccc2[nH]oc(=O)c2c1. The van der Waals surface area contributed by atoms with Crippen molar-refractivity contribution in [1.29, 1.82) is 0 Å². The fourth-order valence-corrected chi connectivity index (χ4v) is 1.07. The van der Waals surface area contributed by atoms with Crippen molar-refractivity contribution >= 4 is 10.9 Å². The highest BCUT2D eigenvalue weighted by molar-refractivity contribution is 5.77. The molecule has 0 atom stereocenters. The van der Waals surface area contributed by atoms with Crippen molar-refractivity contribution in [3.63, 3.8) is 0 Å². The molecule has 0 radical (unpaired) electrons. The van der Waals surface area contributed by atoms with Gasteiger partial charge in [0, 0.05) is 0 Å². The zero-order valence-corrected chi connectivity index (χ0v) is 6.05. The van der Waals surface area contributed by atoms with E-state index in [4.69, 9.17) is 0 Å². The summed E-state index contributed by atoms with van der Waals surface area (Å²) in [4.78, 5) is 10.9. The number of benzene rings is 1. The van der Waals surface area contributed by atoms with E-state index in [0.29, 0.717) is 5.39 Å². The summed E-state index contributed by atoms with van der Waals surface area (Å²) < 4.78 is 4.59. The molecule has 3 nitrogen and oxygen atoms in total. The van der Waals surface area contributed by atoms with Crippen molar-refractivity contribution in [2.24, 2.45) is 0 Å². The van der Waals surface area contributed by atoms with Gasteiger partial charge in [-0.05, 0) is 19.1 Å². The molecule has 0 fully saturated rings. The summed E-state index contributed by atoms with van der Waals surface area (Å²) in [6.45, 7) is 1.94. The van der Waals surface area contributed by atoms with Crippen molar-refractivity contribution in [3.8, 4) is 0 Å². The lowest BCUT2D eigenvalue weighted by Crippen LogP contribution is -1.90. The van der Waals surface area contributed by atoms with Crippen LogP contribution in [0.1, 0.15) is 5.56 Å². The smallest absolute Gasteiger partial charge is 0.338 e. The van der Waals surface area contributed by atoms with Crippen molar-refractivity contribution in [2.75, 3.05) is 0 Å². The van der Waals surface area contributed by atoms with Gasteiger partial charge < -0.3 is 4.52 Å². The quantitative estimate of drug-likeness (QED) is 0.615. The molecular weight excluding hydrogens is 142 g/mol. The van der Waals surface area contributed by atoms with E-state index in [-0.39, 0.29) is 5.63 Å². The molecule has 0 saturated heterocycles. The molecule has 0 aliphatic rings. The maximum absolute atomic E-state index is 10.9. The van der Waals surface area contributed by atoms with Gasteiger partial charge in [-0.15, -0.1) is 0 Å². The third-order valence-corrected chi connectivity index (χ3v) is 1.65. The van der Waals surface area contributed by atoms with Gasteiger partial charge >= 0.3 is 5.63 Å². The van der Waals surface area contributed by atoms with Gasteiger partial charge in [-0.2, -0.15) is 0 Å². The summed E-state index contributed by atoms with van der Waals surface area (Å²) in [5.41, 5.74) is 1.51. The van der Waals surface area contributed by atoms with Crippen LogP contribution in [0.5, 0.6) is 0 Å². The molecule has 1 aromatic carbocycles. The number of rotatable bonds is 0. The van der Waals surface area contributed by atoms with E-state index in [1.54, 1.807) is 6.07 Å². The first-order chi connectivity index (χ1) is 5.27. The topological polar surface area (TPSA) is 46.0 Å². The molecule has 0 amide bonds. The highest BCUT2D eigenvalue weighted by Crippen LogP contribution is 2.08. The minimum Gasteiger partial charge on any atom is -0.338 e. The summed E-state index contributed by atoms with van der Waals surface area (Å²) in [6.07, 6.45) is 0. The molecular formula is C8H7NO2. The molecule has 1 N–H and O–H groups in total. The van der Waals surface area contributed by atoms with Gasteiger partial charge in [0.1, 0.15) is 0 Å². The lowest BCUT2D eigenvalue weighted by atomic mass is 10.2. The minimum absolute atomic E-state index is 0.302. The first-order valence-electron chi connectivity index (χ1n) is 3.35. The Morgan fingerprint density at radius 2 is 2.27 bits per heavy atom. The number of nitrogens with one attached hydrogen (secondary N) is 1. The van der Waals surface area contributed by atoms with Gasteiger partial charge in [0.05, 0.1) is 10.9 Å². The monoisotopic (exact) mass is 149 g/mol. The second kappa shape index (κ2) is 1.99. The van der Waals surface area contributed by atoms with Crippen LogP contribution in [0.15, 0.2) is 27.5 Å². The molecule has 0 saturated carbocycles. The van der Waals surface area contributed by atoms with Crippen molar-refractivity contribution in [1.82, 2.24) is 5.16 Å². The maximum Gasteiger partial charge on any atom is 0.365 e. The van der Waals surface area contributed by atoms with Crippen LogP contribution in [0, 0.1) is 6.92 Å². The number of hydrogen-bond acceptors (Lipinski definition) is 2. The summed E-state index contributed by atoms with van der Waals surface area (Å²) >= 11 is 0. The van der Waals surface area contributed by atoms with E-state index < -0.39 is 0 Å². The Balaban J connectivity index is 2.99. The molecule has 0 aliphatic heterocycles. The first kappa shape index (κ1) is 6.22. The first-order valence-corrected chi connectivity index (χ1v) is 3.35. The molecule has 2 rings (SSSR count). The summed E-state index contributed by atoms with van der Waals surface area (Å²) in [6, 6.07) is 5.56. The van der Waals surface area contributed by atoms with Crippen molar-refractivity contribution in [2.45, 2.75) is 6.92 Å². The molecule has 3 heteroatoms. The van der Waals surface area contributed by atoms with E-state index in [1.165, 1.54) is 0 Å². The van der Waals surface area contributed by atoms with E-state index in [9.17, 15) is 4.79 Å². The average Bonchev–Trinajstić information content (AvgIpc) is 2.33. The van der Waals surface area contributed by atoms with E-state index in [1.807, 2.05) is 19.1 Å². The van der Waals surface area contributed by atoms with Crippen LogP contribution in [-0.4, -0.2) is 5.16 Å². The number of hydrogen-bond donors (Lipinski definition) is 1. The second-order valence-electron chi connectivity index (χ2n) is 2.54. The molecule has 1 aromatic heterocycles. The lowest BCUT2D eigenvalue weighted by Gasteiger charge is -1.87. The van der Waals surface area contributed by atoms with Crippen LogP contribution in [0.2, 0.25) is 0 Å². The van der Waals surface area contributed by atoms with Crippen LogP contribution in [0.4, 0.5) is 0 Å². The minimum atomic E-state index is -0.302. The van der Waals surface area contributed by atoms with Crippen LogP contribution in [0.25, 0.3) is 10.9 Å². The molecule has 0 bridgehead atoms. The van der Waals surface area contributed by atoms with Gasteiger partial charge in [0.15, 0.2) is 0 Å². The lowest BCUT2D eigenvalue weighted by molar-refractivity contribution is 0.400. The zero-order valence-electron chi connectivity index (χ0n) is 6.05. The van der Waals surface area contributed by atoms with Crippen LogP contribution in [-0.2, 0) is 0 Å². The molecule has 11 heavy (non-hydrogen) atoms. The Bertz CT molecular complexity index is 439. The third-order valence-electron chi connectivity index (χ3n) is 1.65. The van der Waals surface area contributed by atoms with Crippen LogP contribution in [0.3, 0.4) is 0 Å². The Labute approximate surface area is 62.6 Å². The van der Waals surface area contributed by atoms with E-state index in [0.717, 1.165) is 11.1 Å². The summed E-state index contributed by atoms with van der Waals surface area (Å²) in [5.74, 6) is 0. The standard InChI is InChI=1S/C8H7NO2/c1-5-2-3-7-6(4-5)8(10)11-9-7/h2-4,9H,1H3. The number of H-pyrrole nitrogens is 1.